The molecule has 0 heterocycles. The molecule has 0 saturated heterocycles. The number of nitrogens with zero attached hydrogens (tertiary/aromatic N) is 3. The van der Waals surface area contributed by atoms with Crippen LogP contribution in [0.4, 0.5) is 0 Å². The first-order chi connectivity index (χ1) is 5.20. The van der Waals surface area contributed by atoms with E-state index in [-0.39, 0.29) is 0 Å². The minimum Gasteiger partial charge on any atom is -0.365 e. The molecule has 3 heteroatoms. The minimum absolute atomic E-state index is 1.04. The quantitative estimate of drug-likeness (QED) is 0.428. The molecule has 0 saturated carbocycles. The van der Waals surface area contributed by atoms with E-state index in [2.05, 4.69) is 28.8 Å². The second-order valence-corrected chi connectivity index (χ2v) is 2.75. The smallest absolute Gasteiger partial charge is 0.0844 e. The molecule has 0 aliphatic carbocycles. The molecule has 0 rings (SSSR count). The van der Waals surface area contributed by atoms with Crippen LogP contribution in [-0.2, 0) is 0 Å². The SMILES string of the molecule is CCN(C)CCN(C)C=NC. The van der Waals surface area contributed by atoms with Crippen LogP contribution in [-0.4, -0.2) is 56.9 Å². The van der Waals surface area contributed by atoms with E-state index in [1.807, 2.05) is 13.4 Å². The molecule has 3 nitrogen and oxygen atoms in total. The normalized spacial score (nSPS) is 11.4. The predicted octanol–water partition coefficient (Wildman–Crippen LogP) is 0.528. The number of aliphatic imine (C=N–C) groups is 1. The van der Waals surface area contributed by atoms with E-state index < -0.39 is 0 Å². The lowest BCUT2D eigenvalue weighted by molar-refractivity contribution is 0.321. The summed E-state index contributed by atoms with van der Waals surface area (Å²) in [5, 5.41) is 0. The summed E-state index contributed by atoms with van der Waals surface area (Å²) >= 11 is 0. The highest BCUT2D eigenvalue weighted by atomic mass is 15.2. The summed E-state index contributed by atoms with van der Waals surface area (Å²) in [5.41, 5.74) is 0. The Hall–Kier alpha value is -0.570. The molecule has 0 spiro atoms. The molecule has 0 N–H and O–H groups in total. The van der Waals surface area contributed by atoms with Gasteiger partial charge < -0.3 is 9.80 Å². The molecular weight excluding hydrogens is 138 g/mol. The van der Waals surface area contributed by atoms with Gasteiger partial charge in [-0.3, -0.25) is 4.99 Å². The lowest BCUT2D eigenvalue weighted by Gasteiger charge is -2.18. The van der Waals surface area contributed by atoms with Gasteiger partial charge in [-0.2, -0.15) is 0 Å². The first kappa shape index (κ1) is 10.4. The first-order valence-corrected chi connectivity index (χ1v) is 4.01. The fourth-order valence-electron chi connectivity index (χ4n) is 0.741. The molecule has 0 aromatic heterocycles. The molecule has 0 aromatic carbocycles. The van der Waals surface area contributed by atoms with E-state index in [9.17, 15) is 0 Å². The van der Waals surface area contributed by atoms with Crippen LogP contribution >= 0.6 is 0 Å². The third-order valence-corrected chi connectivity index (χ3v) is 1.69. The van der Waals surface area contributed by atoms with Crippen LogP contribution in [0, 0.1) is 0 Å². The van der Waals surface area contributed by atoms with Crippen molar-refractivity contribution in [3.05, 3.63) is 0 Å². The van der Waals surface area contributed by atoms with Gasteiger partial charge in [0, 0.05) is 27.2 Å². The van der Waals surface area contributed by atoms with Gasteiger partial charge in [0.05, 0.1) is 6.34 Å². The van der Waals surface area contributed by atoms with Gasteiger partial charge in [-0.15, -0.1) is 0 Å². The summed E-state index contributed by atoms with van der Waals surface area (Å²) in [7, 11) is 5.95. The van der Waals surface area contributed by atoms with Crippen molar-refractivity contribution in [3.63, 3.8) is 0 Å². The van der Waals surface area contributed by atoms with E-state index in [0.29, 0.717) is 0 Å². The van der Waals surface area contributed by atoms with Crippen LogP contribution in [0.25, 0.3) is 0 Å². The Kier molecular flexibility index (Phi) is 5.84. The summed E-state index contributed by atoms with van der Waals surface area (Å²) < 4.78 is 0. The standard InChI is InChI=1S/C8H19N3/c1-5-10(3)6-7-11(4)8-9-2/h8H,5-7H2,1-4H3. The van der Waals surface area contributed by atoms with Gasteiger partial charge in [-0.05, 0) is 13.6 Å². The fraction of sp³-hybridized carbons (Fsp3) is 0.875. The van der Waals surface area contributed by atoms with E-state index in [0.717, 1.165) is 19.6 Å². The van der Waals surface area contributed by atoms with Gasteiger partial charge in [0.25, 0.3) is 0 Å². The highest BCUT2D eigenvalue weighted by Gasteiger charge is 1.95. The van der Waals surface area contributed by atoms with Gasteiger partial charge in [0.15, 0.2) is 0 Å². The van der Waals surface area contributed by atoms with Crippen molar-refractivity contribution in [1.29, 1.82) is 0 Å². The van der Waals surface area contributed by atoms with Crippen molar-refractivity contribution in [2.24, 2.45) is 4.99 Å². The van der Waals surface area contributed by atoms with Crippen LogP contribution < -0.4 is 0 Å². The lowest BCUT2D eigenvalue weighted by Crippen LogP contribution is -2.29. The number of hydrogen-bond acceptors (Lipinski definition) is 2. The number of likely N-dealkylation sites (N-methyl/N-ethyl adjacent to an activating group) is 2. The molecule has 0 aromatic rings. The lowest BCUT2D eigenvalue weighted by atomic mass is 10.5. The minimum atomic E-state index is 1.04. The number of rotatable bonds is 5. The van der Waals surface area contributed by atoms with Crippen molar-refractivity contribution >= 4 is 6.34 Å². The molecule has 0 radical (unpaired) electrons. The molecule has 0 aliphatic rings. The zero-order valence-electron chi connectivity index (χ0n) is 8.04. The predicted molar refractivity (Wildman–Crippen MR) is 50.2 cm³/mol. The molecule has 0 atom stereocenters. The zero-order valence-corrected chi connectivity index (χ0v) is 8.04. The monoisotopic (exact) mass is 157 g/mol. The maximum Gasteiger partial charge on any atom is 0.0844 e. The Bertz CT molecular complexity index is 112. The van der Waals surface area contributed by atoms with E-state index in [1.54, 1.807) is 7.05 Å². The van der Waals surface area contributed by atoms with Crippen molar-refractivity contribution in [3.8, 4) is 0 Å². The second kappa shape index (κ2) is 6.16. The van der Waals surface area contributed by atoms with E-state index in [4.69, 9.17) is 0 Å². The molecule has 0 aliphatic heterocycles. The van der Waals surface area contributed by atoms with Crippen LogP contribution in [0.5, 0.6) is 0 Å². The Labute approximate surface area is 69.7 Å². The summed E-state index contributed by atoms with van der Waals surface area (Å²) in [5.74, 6) is 0. The average Bonchev–Trinajstić information content (AvgIpc) is 2.01. The molecule has 11 heavy (non-hydrogen) atoms. The van der Waals surface area contributed by atoms with Crippen LogP contribution in [0.3, 0.4) is 0 Å². The Morgan fingerprint density at radius 2 is 1.91 bits per heavy atom. The summed E-state index contributed by atoms with van der Waals surface area (Å²) in [6.07, 6.45) is 1.85. The fourth-order valence-corrected chi connectivity index (χ4v) is 0.741. The third kappa shape index (κ3) is 5.85. The summed E-state index contributed by atoms with van der Waals surface area (Å²) in [6.45, 7) is 5.41. The Morgan fingerprint density at radius 1 is 1.27 bits per heavy atom. The van der Waals surface area contributed by atoms with Crippen LogP contribution in [0.15, 0.2) is 4.99 Å². The zero-order chi connectivity index (χ0) is 8.69. The maximum atomic E-state index is 3.92. The van der Waals surface area contributed by atoms with Crippen LogP contribution in [0.2, 0.25) is 0 Å². The summed E-state index contributed by atoms with van der Waals surface area (Å²) in [6, 6.07) is 0. The van der Waals surface area contributed by atoms with Crippen LogP contribution in [0.1, 0.15) is 6.92 Å². The van der Waals surface area contributed by atoms with E-state index >= 15 is 0 Å². The molecular formula is C8H19N3. The molecule has 0 unspecified atom stereocenters. The van der Waals surface area contributed by atoms with Gasteiger partial charge in [0.1, 0.15) is 0 Å². The molecule has 0 bridgehead atoms. The Balaban J connectivity index is 3.37. The highest BCUT2D eigenvalue weighted by Crippen LogP contribution is 1.82. The molecule has 0 fully saturated rings. The van der Waals surface area contributed by atoms with Crippen molar-refractivity contribution in [2.75, 3.05) is 40.8 Å². The van der Waals surface area contributed by atoms with Gasteiger partial charge >= 0.3 is 0 Å². The Morgan fingerprint density at radius 3 is 2.36 bits per heavy atom. The third-order valence-electron chi connectivity index (χ3n) is 1.69. The maximum absolute atomic E-state index is 3.92. The van der Waals surface area contributed by atoms with Crippen molar-refractivity contribution in [2.45, 2.75) is 6.92 Å². The van der Waals surface area contributed by atoms with E-state index in [1.165, 1.54) is 0 Å². The van der Waals surface area contributed by atoms with Gasteiger partial charge in [0.2, 0.25) is 0 Å². The average molecular weight is 157 g/mol. The topological polar surface area (TPSA) is 18.8 Å². The largest absolute Gasteiger partial charge is 0.365 e. The summed E-state index contributed by atoms with van der Waals surface area (Å²) in [4.78, 5) is 8.29. The molecule has 0 amide bonds. The van der Waals surface area contributed by atoms with Crippen molar-refractivity contribution < 1.29 is 0 Å². The van der Waals surface area contributed by atoms with Gasteiger partial charge in [-0.1, -0.05) is 6.92 Å². The number of hydrogen-bond donors (Lipinski definition) is 0. The van der Waals surface area contributed by atoms with Crippen molar-refractivity contribution in [1.82, 2.24) is 9.80 Å². The highest BCUT2D eigenvalue weighted by molar-refractivity contribution is 5.53. The second-order valence-electron chi connectivity index (χ2n) is 2.75. The molecule has 66 valence electrons. The van der Waals surface area contributed by atoms with Gasteiger partial charge in [-0.25, -0.2) is 0 Å². The first-order valence-electron chi connectivity index (χ1n) is 4.01.